The van der Waals surface area contributed by atoms with E-state index in [1.807, 2.05) is 50.6 Å². The molecule has 0 unspecified atom stereocenters. The number of anilines is 1. The molecule has 166 valence electrons. The van der Waals surface area contributed by atoms with Gasteiger partial charge in [-0.05, 0) is 74.5 Å². The molecule has 5 rings (SSSR count). The summed E-state index contributed by atoms with van der Waals surface area (Å²) in [7, 11) is 0. The summed E-state index contributed by atoms with van der Waals surface area (Å²) in [5.74, 6) is 1.29. The molecular weight excluding hydrogens is 420 g/mol. The number of pyridine rings is 1. The minimum absolute atomic E-state index is 0.0900. The Hall–Kier alpha value is -4.34. The van der Waals surface area contributed by atoms with E-state index in [1.54, 1.807) is 29.1 Å². The molecule has 1 N–H and O–H groups in total. The summed E-state index contributed by atoms with van der Waals surface area (Å²) in [6.45, 7) is 7.83. The first-order valence-corrected chi connectivity index (χ1v) is 10.5. The standard InChI is InChI=1S/C23H22N8O2/c1-13(2)31-22-20(11-25-31)19(10-21(27-22)18-9-14(3)33-15(18)4)23(32)26-16-5-7-17(8-6-16)30-12-24-28-29-30/h5-13H,1-4H3,(H,26,32). The highest BCUT2D eigenvalue weighted by Crippen LogP contribution is 2.30. The molecule has 0 atom stereocenters. The first-order chi connectivity index (χ1) is 15.9. The van der Waals surface area contributed by atoms with E-state index in [4.69, 9.17) is 9.40 Å². The first-order valence-electron chi connectivity index (χ1n) is 10.5. The molecule has 5 aromatic rings. The van der Waals surface area contributed by atoms with Crippen molar-refractivity contribution in [2.45, 2.75) is 33.7 Å². The Morgan fingerprint density at radius 3 is 2.55 bits per heavy atom. The Balaban J connectivity index is 1.55. The molecule has 0 aliphatic heterocycles. The third-order valence-corrected chi connectivity index (χ3v) is 5.36. The molecule has 10 heteroatoms. The normalized spacial score (nSPS) is 11.4. The van der Waals surface area contributed by atoms with Crippen LogP contribution in [0.2, 0.25) is 0 Å². The van der Waals surface area contributed by atoms with Crippen LogP contribution in [0.15, 0.2) is 53.3 Å². The SMILES string of the molecule is Cc1cc(-c2cc(C(=O)Nc3ccc(-n4cnnn4)cc3)c3cnn(C(C)C)c3n2)c(C)o1. The van der Waals surface area contributed by atoms with Gasteiger partial charge in [-0.25, -0.2) is 14.3 Å². The summed E-state index contributed by atoms with van der Waals surface area (Å²) in [5.41, 5.74) is 4.10. The van der Waals surface area contributed by atoms with E-state index in [0.717, 1.165) is 22.8 Å². The highest BCUT2D eigenvalue weighted by atomic mass is 16.3. The Morgan fingerprint density at radius 1 is 1.12 bits per heavy atom. The van der Waals surface area contributed by atoms with E-state index < -0.39 is 0 Å². The number of hydrogen-bond acceptors (Lipinski definition) is 7. The average Bonchev–Trinajstić information content (AvgIpc) is 3.53. The van der Waals surface area contributed by atoms with Gasteiger partial charge in [0, 0.05) is 17.3 Å². The highest BCUT2D eigenvalue weighted by molar-refractivity contribution is 6.12. The summed E-state index contributed by atoms with van der Waals surface area (Å²) in [4.78, 5) is 18.2. The van der Waals surface area contributed by atoms with Crippen LogP contribution in [0.3, 0.4) is 0 Å². The maximum absolute atomic E-state index is 13.4. The van der Waals surface area contributed by atoms with Crippen LogP contribution in [-0.2, 0) is 0 Å². The third kappa shape index (κ3) is 3.75. The molecule has 33 heavy (non-hydrogen) atoms. The molecule has 0 saturated carbocycles. The van der Waals surface area contributed by atoms with Crippen LogP contribution in [0.4, 0.5) is 5.69 Å². The number of amides is 1. The molecular formula is C23H22N8O2. The quantitative estimate of drug-likeness (QED) is 0.435. The van der Waals surface area contributed by atoms with Crippen LogP contribution in [-0.4, -0.2) is 40.9 Å². The van der Waals surface area contributed by atoms with Crippen LogP contribution in [0, 0.1) is 13.8 Å². The van der Waals surface area contributed by atoms with Crippen molar-refractivity contribution < 1.29 is 9.21 Å². The number of hydrogen-bond donors (Lipinski definition) is 1. The summed E-state index contributed by atoms with van der Waals surface area (Å²) < 4.78 is 9.06. The highest BCUT2D eigenvalue weighted by Gasteiger charge is 2.20. The fourth-order valence-corrected chi connectivity index (χ4v) is 3.78. The van der Waals surface area contributed by atoms with Crippen molar-refractivity contribution in [3.63, 3.8) is 0 Å². The second-order valence-corrected chi connectivity index (χ2v) is 8.06. The lowest BCUT2D eigenvalue weighted by molar-refractivity contribution is 0.102. The number of tetrazole rings is 1. The maximum Gasteiger partial charge on any atom is 0.256 e. The van der Waals surface area contributed by atoms with Crippen LogP contribution >= 0.6 is 0 Å². The third-order valence-electron chi connectivity index (χ3n) is 5.36. The number of aryl methyl sites for hydroxylation is 2. The summed E-state index contributed by atoms with van der Waals surface area (Å²) >= 11 is 0. The van der Waals surface area contributed by atoms with Crippen molar-refractivity contribution in [3.8, 4) is 16.9 Å². The Labute approximate surface area is 189 Å². The predicted molar refractivity (Wildman–Crippen MR) is 122 cm³/mol. The van der Waals surface area contributed by atoms with Crippen LogP contribution in [0.1, 0.15) is 41.8 Å². The maximum atomic E-state index is 13.4. The zero-order chi connectivity index (χ0) is 23.1. The van der Waals surface area contributed by atoms with Crippen molar-refractivity contribution in [1.82, 2.24) is 35.0 Å². The fourth-order valence-electron chi connectivity index (χ4n) is 3.78. The zero-order valence-electron chi connectivity index (χ0n) is 18.6. The van der Waals surface area contributed by atoms with Gasteiger partial charge in [0.15, 0.2) is 5.65 Å². The van der Waals surface area contributed by atoms with E-state index in [-0.39, 0.29) is 11.9 Å². The van der Waals surface area contributed by atoms with Gasteiger partial charge in [0.1, 0.15) is 17.8 Å². The van der Waals surface area contributed by atoms with Crippen LogP contribution < -0.4 is 5.32 Å². The number of rotatable bonds is 5. The Morgan fingerprint density at radius 2 is 1.91 bits per heavy atom. The van der Waals surface area contributed by atoms with Gasteiger partial charge >= 0.3 is 0 Å². The van der Waals surface area contributed by atoms with Gasteiger partial charge in [-0.2, -0.15) is 5.10 Å². The van der Waals surface area contributed by atoms with Crippen molar-refractivity contribution in [2.75, 3.05) is 5.32 Å². The van der Waals surface area contributed by atoms with Crippen LogP contribution in [0.25, 0.3) is 28.0 Å². The van der Waals surface area contributed by atoms with Gasteiger partial charge in [0.05, 0.1) is 28.5 Å². The van der Waals surface area contributed by atoms with E-state index in [2.05, 4.69) is 25.9 Å². The molecule has 10 nitrogen and oxygen atoms in total. The first kappa shape index (κ1) is 20.6. The summed E-state index contributed by atoms with van der Waals surface area (Å²) in [6, 6.07) is 11.1. The fraction of sp³-hybridized carbons (Fsp3) is 0.217. The Kier molecular flexibility index (Phi) is 4.97. The molecule has 0 bridgehead atoms. The number of furan rings is 1. The number of carbonyl (C=O) groups excluding carboxylic acids is 1. The molecule has 1 aromatic carbocycles. The lowest BCUT2D eigenvalue weighted by Gasteiger charge is -2.11. The Bertz CT molecular complexity index is 1450. The number of fused-ring (bicyclic) bond motifs is 1. The lowest BCUT2D eigenvalue weighted by Crippen LogP contribution is -2.13. The topological polar surface area (TPSA) is 117 Å². The van der Waals surface area contributed by atoms with Gasteiger partial charge < -0.3 is 9.73 Å². The smallest absolute Gasteiger partial charge is 0.256 e. The zero-order valence-corrected chi connectivity index (χ0v) is 18.6. The van der Waals surface area contributed by atoms with Crippen molar-refractivity contribution >= 4 is 22.6 Å². The predicted octanol–water partition coefficient (Wildman–Crippen LogP) is 4.12. The molecule has 0 fully saturated rings. The molecule has 0 spiro atoms. The van der Waals surface area contributed by atoms with E-state index in [9.17, 15) is 4.79 Å². The van der Waals surface area contributed by atoms with Crippen LogP contribution in [0.5, 0.6) is 0 Å². The van der Waals surface area contributed by atoms with Gasteiger partial charge in [-0.3, -0.25) is 4.79 Å². The second kappa shape index (κ2) is 7.97. The summed E-state index contributed by atoms with van der Waals surface area (Å²) in [6.07, 6.45) is 3.20. The minimum atomic E-state index is -0.250. The molecule has 0 radical (unpaired) electrons. The largest absolute Gasteiger partial charge is 0.466 e. The monoisotopic (exact) mass is 442 g/mol. The van der Waals surface area contributed by atoms with Gasteiger partial charge in [0.2, 0.25) is 0 Å². The van der Waals surface area contributed by atoms with E-state index >= 15 is 0 Å². The van der Waals surface area contributed by atoms with E-state index in [1.165, 1.54) is 6.33 Å². The van der Waals surface area contributed by atoms with Crippen molar-refractivity contribution in [1.29, 1.82) is 0 Å². The van der Waals surface area contributed by atoms with Gasteiger partial charge in [0.25, 0.3) is 5.91 Å². The molecule has 4 heterocycles. The second-order valence-electron chi connectivity index (χ2n) is 8.06. The van der Waals surface area contributed by atoms with Crippen molar-refractivity contribution in [3.05, 3.63) is 66.0 Å². The minimum Gasteiger partial charge on any atom is -0.466 e. The number of nitrogens with one attached hydrogen (secondary N) is 1. The molecule has 0 aliphatic rings. The number of carbonyl (C=O) groups is 1. The van der Waals surface area contributed by atoms with Gasteiger partial charge in [-0.1, -0.05) is 0 Å². The molecule has 1 amide bonds. The van der Waals surface area contributed by atoms with Gasteiger partial charge in [-0.15, -0.1) is 5.10 Å². The number of aromatic nitrogens is 7. The summed E-state index contributed by atoms with van der Waals surface area (Å²) in [5, 5.41) is 19.3. The van der Waals surface area contributed by atoms with Crippen molar-refractivity contribution in [2.24, 2.45) is 0 Å². The molecule has 4 aromatic heterocycles. The molecule has 0 aliphatic carbocycles. The number of benzene rings is 1. The average molecular weight is 442 g/mol. The van der Waals surface area contributed by atoms with E-state index in [0.29, 0.717) is 28.0 Å². The number of nitrogens with zero attached hydrogens (tertiary/aromatic N) is 7. The molecule has 0 saturated heterocycles. The lowest BCUT2D eigenvalue weighted by atomic mass is 10.1.